The summed E-state index contributed by atoms with van der Waals surface area (Å²) in [5.74, 6) is 0.573. The molecule has 0 aromatic carbocycles. The Morgan fingerprint density at radius 1 is 1.35 bits per heavy atom. The Balaban J connectivity index is 1.69. The van der Waals surface area contributed by atoms with Crippen LogP contribution in [-0.4, -0.2) is 35.1 Å². The van der Waals surface area contributed by atoms with Crippen molar-refractivity contribution in [3.8, 4) is 0 Å². The van der Waals surface area contributed by atoms with Gasteiger partial charge < -0.3 is 10.0 Å². The maximum absolute atomic E-state index is 12.7. The number of thiophene rings is 1. The minimum atomic E-state index is -0.249. The molecule has 1 fully saturated rings. The molecule has 1 aromatic heterocycles. The third kappa shape index (κ3) is 2.63. The van der Waals surface area contributed by atoms with Gasteiger partial charge in [0.25, 0.3) is 5.91 Å². The van der Waals surface area contributed by atoms with Crippen LogP contribution in [0.15, 0.2) is 5.38 Å². The van der Waals surface area contributed by atoms with Crippen molar-refractivity contribution in [2.45, 2.75) is 51.6 Å². The molecule has 20 heavy (non-hydrogen) atoms. The Hall–Kier alpha value is -0.870. The van der Waals surface area contributed by atoms with Crippen LogP contribution in [0.3, 0.4) is 0 Å². The lowest BCUT2D eigenvalue weighted by atomic mass is 9.91. The summed E-state index contributed by atoms with van der Waals surface area (Å²) in [6.45, 7) is 3.44. The number of amides is 1. The molecule has 1 aliphatic carbocycles. The van der Waals surface area contributed by atoms with Crippen LogP contribution in [-0.2, 0) is 12.8 Å². The maximum Gasteiger partial charge on any atom is 0.254 e. The molecule has 1 aliphatic heterocycles. The fourth-order valence-electron chi connectivity index (χ4n) is 3.43. The van der Waals surface area contributed by atoms with Crippen molar-refractivity contribution in [3.63, 3.8) is 0 Å². The molecule has 110 valence electrons. The van der Waals surface area contributed by atoms with Crippen LogP contribution in [0, 0.1) is 5.92 Å². The zero-order valence-electron chi connectivity index (χ0n) is 12.1. The predicted molar refractivity (Wildman–Crippen MR) is 81.3 cm³/mol. The lowest BCUT2D eigenvalue weighted by Gasteiger charge is -2.33. The number of piperidine rings is 1. The lowest BCUT2D eigenvalue weighted by Crippen LogP contribution is -2.41. The van der Waals surface area contributed by atoms with Crippen LogP contribution in [0.25, 0.3) is 0 Å². The highest BCUT2D eigenvalue weighted by Crippen LogP contribution is 2.32. The molecule has 0 radical (unpaired) electrons. The molecule has 1 amide bonds. The maximum atomic E-state index is 12.7. The van der Waals surface area contributed by atoms with Gasteiger partial charge in [-0.05, 0) is 56.9 Å². The van der Waals surface area contributed by atoms with Crippen molar-refractivity contribution in [2.24, 2.45) is 5.92 Å². The van der Waals surface area contributed by atoms with E-state index in [-0.39, 0.29) is 12.0 Å². The van der Waals surface area contributed by atoms with E-state index in [1.54, 1.807) is 11.3 Å². The van der Waals surface area contributed by atoms with E-state index in [0.717, 1.165) is 44.3 Å². The van der Waals surface area contributed by atoms with Gasteiger partial charge in [-0.15, -0.1) is 11.3 Å². The Morgan fingerprint density at radius 3 is 2.75 bits per heavy atom. The van der Waals surface area contributed by atoms with Gasteiger partial charge in [0.2, 0.25) is 0 Å². The Kier molecular flexibility index (Phi) is 4.13. The molecule has 2 aliphatic rings. The first-order valence-corrected chi connectivity index (χ1v) is 8.61. The van der Waals surface area contributed by atoms with Crippen molar-refractivity contribution in [1.82, 2.24) is 4.90 Å². The number of aryl methyl sites for hydroxylation is 1. The standard InChI is InChI=1S/C16H23NO2S/c1-11(18)12-6-8-17(9-7-12)16(19)14-10-20-15-5-3-2-4-13(14)15/h10-12,18H,2-9H2,1H3. The van der Waals surface area contributed by atoms with Crippen LogP contribution in [0.1, 0.15) is 53.4 Å². The normalized spacial score (nSPS) is 21.6. The SMILES string of the molecule is CC(O)C1CCN(C(=O)c2csc3c2CCCC3)CC1. The Labute approximate surface area is 124 Å². The van der Waals surface area contributed by atoms with E-state index in [1.165, 1.54) is 23.3 Å². The number of fused-ring (bicyclic) bond motifs is 1. The van der Waals surface area contributed by atoms with Crippen LogP contribution < -0.4 is 0 Å². The summed E-state index contributed by atoms with van der Waals surface area (Å²) >= 11 is 1.76. The fraction of sp³-hybridized carbons (Fsp3) is 0.688. The number of rotatable bonds is 2. The van der Waals surface area contributed by atoms with E-state index in [4.69, 9.17) is 0 Å². The van der Waals surface area contributed by atoms with Crippen LogP contribution in [0.2, 0.25) is 0 Å². The monoisotopic (exact) mass is 293 g/mol. The first-order chi connectivity index (χ1) is 9.66. The van der Waals surface area contributed by atoms with Crippen LogP contribution >= 0.6 is 11.3 Å². The molecule has 1 unspecified atom stereocenters. The Bertz CT molecular complexity index is 487. The van der Waals surface area contributed by atoms with E-state index >= 15 is 0 Å². The van der Waals surface area contributed by atoms with Crippen LogP contribution in [0.4, 0.5) is 0 Å². The number of hydrogen-bond donors (Lipinski definition) is 1. The van der Waals surface area contributed by atoms with Crippen molar-refractivity contribution in [3.05, 3.63) is 21.4 Å². The second kappa shape index (κ2) is 5.86. The Morgan fingerprint density at radius 2 is 2.05 bits per heavy atom. The highest BCUT2D eigenvalue weighted by atomic mass is 32.1. The number of aliphatic hydroxyl groups is 1. The van der Waals surface area contributed by atoms with E-state index in [9.17, 15) is 9.90 Å². The summed E-state index contributed by atoms with van der Waals surface area (Å²) in [7, 11) is 0. The van der Waals surface area contributed by atoms with Gasteiger partial charge >= 0.3 is 0 Å². The van der Waals surface area contributed by atoms with Crippen LogP contribution in [0.5, 0.6) is 0 Å². The summed E-state index contributed by atoms with van der Waals surface area (Å²) < 4.78 is 0. The highest BCUT2D eigenvalue weighted by molar-refractivity contribution is 7.10. The third-order valence-electron chi connectivity index (χ3n) is 4.80. The lowest BCUT2D eigenvalue weighted by molar-refractivity contribution is 0.0521. The molecule has 1 aromatic rings. The molecule has 3 rings (SSSR count). The van der Waals surface area contributed by atoms with Gasteiger partial charge in [0.05, 0.1) is 11.7 Å². The van der Waals surface area contributed by atoms with Gasteiger partial charge in [0, 0.05) is 23.3 Å². The van der Waals surface area contributed by atoms with Gasteiger partial charge in [0.15, 0.2) is 0 Å². The first-order valence-electron chi connectivity index (χ1n) is 7.73. The van der Waals surface area contributed by atoms with Crippen molar-refractivity contribution in [2.75, 3.05) is 13.1 Å². The molecule has 1 atom stereocenters. The average Bonchev–Trinajstić information content (AvgIpc) is 2.90. The summed E-state index contributed by atoms with van der Waals surface area (Å²) in [5, 5.41) is 11.7. The van der Waals surface area contributed by atoms with Crippen molar-refractivity contribution in [1.29, 1.82) is 0 Å². The molecule has 0 spiro atoms. The minimum Gasteiger partial charge on any atom is -0.393 e. The molecule has 4 heteroatoms. The zero-order chi connectivity index (χ0) is 14.1. The van der Waals surface area contributed by atoms with E-state index in [0.29, 0.717) is 5.92 Å². The van der Waals surface area contributed by atoms with Crippen molar-refractivity contribution >= 4 is 17.2 Å². The van der Waals surface area contributed by atoms with E-state index < -0.39 is 0 Å². The zero-order valence-corrected chi connectivity index (χ0v) is 12.9. The van der Waals surface area contributed by atoms with E-state index in [2.05, 4.69) is 5.38 Å². The molecular weight excluding hydrogens is 270 g/mol. The summed E-state index contributed by atoms with van der Waals surface area (Å²) in [6.07, 6.45) is 6.31. The molecule has 1 saturated heterocycles. The molecule has 2 heterocycles. The molecule has 0 saturated carbocycles. The quantitative estimate of drug-likeness (QED) is 0.911. The highest BCUT2D eigenvalue weighted by Gasteiger charge is 2.28. The van der Waals surface area contributed by atoms with Gasteiger partial charge in [-0.3, -0.25) is 4.79 Å². The average molecular weight is 293 g/mol. The van der Waals surface area contributed by atoms with Gasteiger partial charge in [0.1, 0.15) is 0 Å². The van der Waals surface area contributed by atoms with Gasteiger partial charge in [-0.2, -0.15) is 0 Å². The number of likely N-dealkylation sites (tertiary alicyclic amines) is 1. The predicted octanol–water partition coefficient (Wildman–Crippen LogP) is 2.86. The number of hydrogen-bond acceptors (Lipinski definition) is 3. The third-order valence-corrected chi connectivity index (χ3v) is 5.89. The largest absolute Gasteiger partial charge is 0.393 e. The fourth-order valence-corrected chi connectivity index (χ4v) is 4.55. The summed E-state index contributed by atoms with van der Waals surface area (Å²) in [5.41, 5.74) is 2.28. The number of carbonyl (C=O) groups excluding carboxylic acids is 1. The van der Waals surface area contributed by atoms with E-state index in [1.807, 2.05) is 11.8 Å². The van der Waals surface area contributed by atoms with Crippen molar-refractivity contribution < 1.29 is 9.90 Å². The number of aliphatic hydroxyl groups excluding tert-OH is 1. The smallest absolute Gasteiger partial charge is 0.254 e. The molecule has 0 bridgehead atoms. The first kappa shape index (κ1) is 14.1. The summed E-state index contributed by atoms with van der Waals surface area (Å²) in [6, 6.07) is 0. The second-order valence-electron chi connectivity index (χ2n) is 6.13. The number of nitrogens with zero attached hydrogens (tertiary/aromatic N) is 1. The molecule has 3 nitrogen and oxygen atoms in total. The van der Waals surface area contributed by atoms with Gasteiger partial charge in [-0.1, -0.05) is 0 Å². The second-order valence-corrected chi connectivity index (χ2v) is 7.09. The molecular formula is C16H23NO2S. The minimum absolute atomic E-state index is 0.216. The summed E-state index contributed by atoms with van der Waals surface area (Å²) in [4.78, 5) is 16.1. The number of carbonyl (C=O) groups is 1. The van der Waals surface area contributed by atoms with Gasteiger partial charge in [-0.25, -0.2) is 0 Å². The molecule has 1 N–H and O–H groups in total. The topological polar surface area (TPSA) is 40.5 Å².